The van der Waals surface area contributed by atoms with Gasteiger partial charge in [-0.25, -0.2) is 0 Å². The van der Waals surface area contributed by atoms with Gasteiger partial charge in [-0.15, -0.1) is 0 Å². The maximum atomic E-state index is 11.4. The summed E-state index contributed by atoms with van der Waals surface area (Å²) in [6, 6.07) is 3.71. The lowest BCUT2D eigenvalue weighted by molar-refractivity contribution is -0.116. The minimum atomic E-state index is -0.0880. The van der Waals surface area contributed by atoms with Gasteiger partial charge < -0.3 is 9.73 Å². The summed E-state index contributed by atoms with van der Waals surface area (Å²) in [6.45, 7) is 4.63. The summed E-state index contributed by atoms with van der Waals surface area (Å²) in [4.78, 5) is 11.4. The Morgan fingerprint density at radius 3 is 2.94 bits per heavy atom. The van der Waals surface area contributed by atoms with Gasteiger partial charge in [-0.3, -0.25) is 4.79 Å². The molecule has 0 fully saturated rings. The quantitative estimate of drug-likeness (QED) is 0.803. The predicted molar refractivity (Wildman–Crippen MR) is 68.5 cm³/mol. The third kappa shape index (κ3) is 4.57. The number of nitrogens with one attached hydrogen (secondary N) is 1. The molecule has 1 rings (SSSR count). The molecule has 0 saturated heterocycles. The Labute approximate surface area is 100 Å². The van der Waals surface area contributed by atoms with E-state index in [-0.39, 0.29) is 5.91 Å². The fraction of sp³-hybridized carbons (Fsp3) is 0.417. The molecular formula is C12H17NO2S. The van der Waals surface area contributed by atoms with Crippen molar-refractivity contribution in [1.82, 2.24) is 5.32 Å². The van der Waals surface area contributed by atoms with Crippen LogP contribution in [-0.4, -0.2) is 24.0 Å². The van der Waals surface area contributed by atoms with E-state index in [0.29, 0.717) is 17.6 Å². The van der Waals surface area contributed by atoms with E-state index >= 15 is 0 Å². The number of carbonyl (C=O) groups is 1. The molecule has 1 atom stereocenters. The molecule has 0 bridgehead atoms. The van der Waals surface area contributed by atoms with E-state index in [1.807, 2.05) is 25.3 Å². The van der Waals surface area contributed by atoms with Crippen LogP contribution in [0.1, 0.15) is 18.4 Å². The zero-order valence-corrected chi connectivity index (χ0v) is 10.6. The Morgan fingerprint density at radius 1 is 1.62 bits per heavy atom. The van der Waals surface area contributed by atoms with Crippen molar-refractivity contribution in [2.24, 2.45) is 0 Å². The van der Waals surface area contributed by atoms with Gasteiger partial charge in [-0.1, -0.05) is 6.92 Å². The first-order valence-electron chi connectivity index (χ1n) is 5.17. The van der Waals surface area contributed by atoms with Crippen molar-refractivity contribution in [3.8, 4) is 0 Å². The number of thioether (sulfide) groups is 1. The molecule has 1 N–H and O–H groups in total. The lowest BCUT2D eigenvalue weighted by Gasteiger charge is -2.07. The van der Waals surface area contributed by atoms with Crippen molar-refractivity contribution in [3.63, 3.8) is 0 Å². The van der Waals surface area contributed by atoms with Gasteiger partial charge in [0.1, 0.15) is 11.5 Å². The van der Waals surface area contributed by atoms with Gasteiger partial charge in [0.05, 0.1) is 0 Å². The molecule has 16 heavy (non-hydrogen) atoms. The van der Waals surface area contributed by atoms with E-state index in [1.54, 1.807) is 17.8 Å². The number of aryl methyl sites for hydroxylation is 1. The van der Waals surface area contributed by atoms with Crippen molar-refractivity contribution in [2.75, 3.05) is 12.8 Å². The highest BCUT2D eigenvalue weighted by Gasteiger charge is 2.01. The van der Waals surface area contributed by atoms with Crippen LogP contribution < -0.4 is 5.32 Å². The fourth-order valence-electron chi connectivity index (χ4n) is 1.09. The van der Waals surface area contributed by atoms with Crippen LogP contribution >= 0.6 is 11.8 Å². The van der Waals surface area contributed by atoms with E-state index in [0.717, 1.165) is 5.76 Å². The van der Waals surface area contributed by atoms with Crippen LogP contribution in [0.2, 0.25) is 0 Å². The van der Waals surface area contributed by atoms with Crippen LogP contribution in [-0.2, 0) is 4.79 Å². The molecule has 4 heteroatoms. The van der Waals surface area contributed by atoms with Crippen molar-refractivity contribution in [2.45, 2.75) is 19.1 Å². The van der Waals surface area contributed by atoms with Gasteiger partial charge >= 0.3 is 0 Å². The molecule has 0 aliphatic carbocycles. The molecule has 0 aliphatic rings. The Morgan fingerprint density at radius 2 is 2.38 bits per heavy atom. The van der Waals surface area contributed by atoms with Gasteiger partial charge in [0, 0.05) is 17.9 Å². The highest BCUT2D eigenvalue weighted by molar-refractivity contribution is 7.99. The lowest BCUT2D eigenvalue weighted by Crippen LogP contribution is -2.27. The number of amides is 1. The standard InChI is InChI=1S/C12H17NO2S/c1-9-4-5-11(15-9)6-7-12(14)13-8-10(2)16-3/h4-7,10H,8H2,1-3H3,(H,13,14). The first-order chi connectivity index (χ1) is 7.61. The second-order valence-corrected chi connectivity index (χ2v) is 4.85. The molecule has 3 nitrogen and oxygen atoms in total. The third-order valence-corrected chi connectivity index (χ3v) is 3.10. The Bertz CT molecular complexity index is 371. The first kappa shape index (κ1) is 12.9. The summed E-state index contributed by atoms with van der Waals surface area (Å²) in [5, 5.41) is 3.26. The van der Waals surface area contributed by atoms with Crippen LogP contribution in [0.5, 0.6) is 0 Å². The first-order valence-corrected chi connectivity index (χ1v) is 6.45. The normalized spacial score (nSPS) is 12.9. The smallest absolute Gasteiger partial charge is 0.244 e. The summed E-state index contributed by atoms with van der Waals surface area (Å²) in [5.41, 5.74) is 0. The van der Waals surface area contributed by atoms with E-state index in [2.05, 4.69) is 12.2 Å². The van der Waals surface area contributed by atoms with Crippen molar-refractivity contribution < 1.29 is 9.21 Å². The summed E-state index contributed by atoms with van der Waals surface area (Å²) in [7, 11) is 0. The molecule has 1 aromatic heterocycles. The minimum Gasteiger partial charge on any atom is -0.462 e. The topological polar surface area (TPSA) is 42.2 Å². The molecule has 0 radical (unpaired) electrons. The van der Waals surface area contributed by atoms with Crippen molar-refractivity contribution in [1.29, 1.82) is 0 Å². The highest BCUT2D eigenvalue weighted by atomic mass is 32.2. The zero-order chi connectivity index (χ0) is 12.0. The van der Waals surface area contributed by atoms with Crippen LogP contribution in [0, 0.1) is 6.92 Å². The molecule has 1 unspecified atom stereocenters. The number of rotatable bonds is 5. The molecular weight excluding hydrogens is 222 g/mol. The van der Waals surface area contributed by atoms with Crippen LogP contribution in [0.3, 0.4) is 0 Å². The van der Waals surface area contributed by atoms with E-state index in [4.69, 9.17) is 4.42 Å². The van der Waals surface area contributed by atoms with Gasteiger partial charge in [0.15, 0.2) is 0 Å². The second kappa shape index (κ2) is 6.43. The molecule has 1 heterocycles. The maximum absolute atomic E-state index is 11.4. The van der Waals surface area contributed by atoms with Gasteiger partial charge in [-0.2, -0.15) is 11.8 Å². The monoisotopic (exact) mass is 239 g/mol. The average molecular weight is 239 g/mol. The molecule has 1 aromatic rings. The minimum absolute atomic E-state index is 0.0880. The Hall–Kier alpha value is -1.16. The fourth-order valence-corrected chi connectivity index (χ4v) is 1.34. The van der Waals surface area contributed by atoms with E-state index in [1.165, 1.54) is 6.08 Å². The summed E-state index contributed by atoms with van der Waals surface area (Å²) in [5.74, 6) is 1.46. The Kier molecular flexibility index (Phi) is 5.19. The van der Waals surface area contributed by atoms with E-state index < -0.39 is 0 Å². The predicted octanol–water partition coefficient (Wildman–Crippen LogP) is 2.47. The number of hydrogen-bond donors (Lipinski definition) is 1. The second-order valence-electron chi connectivity index (χ2n) is 3.57. The lowest BCUT2D eigenvalue weighted by atomic mass is 10.3. The van der Waals surface area contributed by atoms with Crippen LogP contribution in [0.4, 0.5) is 0 Å². The largest absolute Gasteiger partial charge is 0.462 e. The SMILES string of the molecule is CSC(C)CNC(=O)C=Cc1ccc(C)o1. The molecule has 88 valence electrons. The van der Waals surface area contributed by atoms with Crippen molar-refractivity contribution >= 4 is 23.7 Å². The molecule has 0 aliphatic heterocycles. The van der Waals surface area contributed by atoms with Gasteiger partial charge in [-0.05, 0) is 31.4 Å². The average Bonchev–Trinajstić information content (AvgIpc) is 2.69. The van der Waals surface area contributed by atoms with Gasteiger partial charge in [0.25, 0.3) is 0 Å². The maximum Gasteiger partial charge on any atom is 0.244 e. The number of hydrogen-bond acceptors (Lipinski definition) is 3. The molecule has 1 amide bonds. The molecule has 0 spiro atoms. The number of carbonyl (C=O) groups excluding carboxylic acids is 1. The summed E-state index contributed by atoms with van der Waals surface area (Å²) >= 11 is 1.73. The van der Waals surface area contributed by atoms with Crippen LogP contribution in [0.15, 0.2) is 22.6 Å². The van der Waals surface area contributed by atoms with Crippen molar-refractivity contribution in [3.05, 3.63) is 29.7 Å². The number of furan rings is 1. The summed E-state index contributed by atoms with van der Waals surface area (Å²) < 4.78 is 5.31. The summed E-state index contributed by atoms with van der Waals surface area (Å²) in [6.07, 6.45) is 5.19. The highest BCUT2D eigenvalue weighted by Crippen LogP contribution is 2.07. The Balaban J connectivity index is 2.36. The zero-order valence-electron chi connectivity index (χ0n) is 9.82. The van der Waals surface area contributed by atoms with Crippen LogP contribution in [0.25, 0.3) is 6.08 Å². The van der Waals surface area contributed by atoms with Gasteiger partial charge in [0.2, 0.25) is 5.91 Å². The molecule has 0 saturated carbocycles. The van der Waals surface area contributed by atoms with E-state index in [9.17, 15) is 4.79 Å². The molecule has 0 aromatic carbocycles. The third-order valence-electron chi connectivity index (χ3n) is 2.13.